The molecule has 1 aromatic carbocycles. The van der Waals surface area contributed by atoms with Gasteiger partial charge in [0.2, 0.25) is 17.7 Å². The second kappa shape index (κ2) is 11.0. The van der Waals surface area contributed by atoms with Crippen LogP contribution in [-0.2, 0) is 14.4 Å². The molecular formula is C25H33N5O5. The minimum Gasteiger partial charge on any atom is -0.384 e. The van der Waals surface area contributed by atoms with E-state index in [0.717, 1.165) is 56.8 Å². The quantitative estimate of drug-likeness (QED) is 0.400. The van der Waals surface area contributed by atoms with Crippen LogP contribution < -0.4 is 10.6 Å². The standard InChI is InChI=1S/C25H33N5O5/c1-28-13-15-29(16-14-28)21(32)9-4-2-3-5-12-26-18-8-6-7-17-22(18)25(35)30(24(17)34)19-10-11-20(31)27-23(19)33/h6-8,19,26H,2-5,9-16H2,1H3,(H,27,31,33). The molecular weight excluding hydrogens is 450 g/mol. The number of hydrogen-bond acceptors (Lipinski definition) is 7. The van der Waals surface area contributed by atoms with Gasteiger partial charge in [0.1, 0.15) is 6.04 Å². The summed E-state index contributed by atoms with van der Waals surface area (Å²) in [4.78, 5) is 67.2. The first-order valence-corrected chi connectivity index (χ1v) is 12.4. The molecule has 4 rings (SSSR count). The number of carbonyl (C=O) groups is 5. The van der Waals surface area contributed by atoms with E-state index in [1.165, 1.54) is 0 Å². The van der Waals surface area contributed by atoms with Crippen molar-refractivity contribution in [2.45, 2.75) is 51.0 Å². The summed E-state index contributed by atoms with van der Waals surface area (Å²) in [5, 5.41) is 5.47. The molecule has 2 saturated heterocycles. The van der Waals surface area contributed by atoms with E-state index < -0.39 is 29.7 Å². The van der Waals surface area contributed by atoms with Gasteiger partial charge in [-0.3, -0.25) is 34.2 Å². The van der Waals surface area contributed by atoms with Gasteiger partial charge in [-0.2, -0.15) is 0 Å². The molecule has 0 aromatic heterocycles. The number of rotatable bonds is 9. The second-order valence-electron chi connectivity index (χ2n) is 9.45. The fourth-order valence-electron chi connectivity index (χ4n) is 4.85. The normalized spacial score (nSPS) is 20.8. The molecule has 5 amide bonds. The summed E-state index contributed by atoms with van der Waals surface area (Å²) in [5.41, 5.74) is 1.12. The highest BCUT2D eigenvalue weighted by atomic mass is 16.2. The van der Waals surface area contributed by atoms with Crippen molar-refractivity contribution in [2.75, 3.05) is 45.1 Å². The number of likely N-dealkylation sites (N-methyl/N-ethyl adjacent to an activating group) is 1. The van der Waals surface area contributed by atoms with Crippen molar-refractivity contribution in [1.82, 2.24) is 20.0 Å². The van der Waals surface area contributed by atoms with Gasteiger partial charge in [0, 0.05) is 51.3 Å². The van der Waals surface area contributed by atoms with Crippen LogP contribution in [0.25, 0.3) is 0 Å². The van der Waals surface area contributed by atoms with Crippen LogP contribution in [0.2, 0.25) is 0 Å². The number of carbonyl (C=O) groups excluding carboxylic acids is 5. The number of imide groups is 2. The summed E-state index contributed by atoms with van der Waals surface area (Å²) in [6.07, 6.45) is 4.44. The van der Waals surface area contributed by atoms with E-state index in [2.05, 4.69) is 22.6 Å². The minimum atomic E-state index is -0.971. The molecule has 0 bridgehead atoms. The molecule has 10 nitrogen and oxygen atoms in total. The van der Waals surface area contributed by atoms with Gasteiger partial charge in [-0.15, -0.1) is 0 Å². The third-order valence-electron chi connectivity index (χ3n) is 6.96. The molecule has 0 spiro atoms. The summed E-state index contributed by atoms with van der Waals surface area (Å²) in [5.74, 6) is -1.79. The maximum absolute atomic E-state index is 13.1. The summed E-state index contributed by atoms with van der Waals surface area (Å²) in [7, 11) is 2.07. The van der Waals surface area contributed by atoms with Gasteiger partial charge in [-0.1, -0.05) is 18.9 Å². The van der Waals surface area contributed by atoms with E-state index in [9.17, 15) is 24.0 Å². The third-order valence-corrected chi connectivity index (χ3v) is 6.96. The molecule has 3 aliphatic rings. The number of nitrogens with zero attached hydrogens (tertiary/aromatic N) is 3. The highest BCUT2D eigenvalue weighted by Crippen LogP contribution is 2.32. The number of piperazine rings is 1. The zero-order chi connectivity index (χ0) is 24.9. The molecule has 1 unspecified atom stereocenters. The van der Waals surface area contributed by atoms with Crippen molar-refractivity contribution in [3.8, 4) is 0 Å². The van der Waals surface area contributed by atoms with Crippen LogP contribution >= 0.6 is 0 Å². The van der Waals surface area contributed by atoms with Crippen molar-refractivity contribution in [1.29, 1.82) is 0 Å². The van der Waals surface area contributed by atoms with Gasteiger partial charge < -0.3 is 15.1 Å². The molecule has 3 heterocycles. The topological polar surface area (TPSA) is 119 Å². The fraction of sp³-hybridized carbons (Fsp3) is 0.560. The molecule has 10 heteroatoms. The van der Waals surface area contributed by atoms with Gasteiger partial charge in [0.25, 0.3) is 11.8 Å². The van der Waals surface area contributed by atoms with Crippen LogP contribution in [0.5, 0.6) is 0 Å². The largest absolute Gasteiger partial charge is 0.384 e. The number of hydrogen-bond donors (Lipinski definition) is 2. The average Bonchev–Trinajstić information content (AvgIpc) is 3.09. The number of unbranched alkanes of at least 4 members (excludes halogenated alkanes) is 3. The summed E-state index contributed by atoms with van der Waals surface area (Å²) in [6.45, 7) is 4.11. The molecule has 0 radical (unpaired) electrons. The van der Waals surface area contributed by atoms with E-state index in [1.807, 2.05) is 4.90 Å². The van der Waals surface area contributed by atoms with E-state index in [4.69, 9.17) is 0 Å². The maximum Gasteiger partial charge on any atom is 0.264 e. The van der Waals surface area contributed by atoms with Gasteiger partial charge in [0.05, 0.1) is 11.1 Å². The van der Waals surface area contributed by atoms with Crippen molar-refractivity contribution in [3.05, 3.63) is 29.3 Å². The number of fused-ring (bicyclic) bond motifs is 1. The molecule has 1 aromatic rings. The Hall–Kier alpha value is -3.27. The lowest BCUT2D eigenvalue weighted by Gasteiger charge is -2.32. The van der Waals surface area contributed by atoms with Crippen LogP contribution in [0.3, 0.4) is 0 Å². The zero-order valence-corrected chi connectivity index (χ0v) is 20.2. The molecule has 1 atom stereocenters. The number of nitrogens with one attached hydrogen (secondary N) is 2. The van der Waals surface area contributed by atoms with E-state index in [1.54, 1.807) is 18.2 Å². The van der Waals surface area contributed by atoms with Gasteiger partial charge in [-0.25, -0.2) is 0 Å². The zero-order valence-electron chi connectivity index (χ0n) is 20.2. The van der Waals surface area contributed by atoms with E-state index in [-0.39, 0.29) is 29.9 Å². The Morgan fingerprint density at radius 1 is 1.00 bits per heavy atom. The lowest BCUT2D eigenvalue weighted by molar-refractivity contribution is -0.136. The monoisotopic (exact) mass is 483 g/mol. The maximum atomic E-state index is 13.1. The molecule has 0 saturated carbocycles. The Kier molecular flexibility index (Phi) is 7.80. The molecule has 2 N–H and O–H groups in total. The number of anilines is 1. The molecule has 35 heavy (non-hydrogen) atoms. The predicted molar refractivity (Wildman–Crippen MR) is 129 cm³/mol. The summed E-state index contributed by atoms with van der Waals surface area (Å²) in [6, 6.07) is 4.09. The number of benzene rings is 1. The highest BCUT2D eigenvalue weighted by molar-refractivity contribution is 6.25. The Morgan fingerprint density at radius 2 is 1.74 bits per heavy atom. The van der Waals surface area contributed by atoms with Crippen molar-refractivity contribution < 1.29 is 24.0 Å². The van der Waals surface area contributed by atoms with Crippen LogP contribution in [0, 0.1) is 0 Å². The van der Waals surface area contributed by atoms with Gasteiger partial charge in [-0.05, 0) is 38.4 Å². The van der Waals surface area contributed by atoms with Crippen molar-refractivity contribution in [3.63, 3.8) is 0 Å². The smallest absolute Gasteiger partial charge is 0.264 e. The van der Waals surface area contributed by atoms with Crippen LogP contribution in [0.1, 0.15) is 65.7 Å². The van der Waals surface area contributed by atoms with Crippen molar-refractivity contribution >= 4 is 35.2 Å². The van der Waals surface area contributed by atoms with Gasteiger partial charge >= 0.3 is 0 Å². The lowest BCUT2D eigenvalue weighted by Crippen LogP contribution is -2.54. The molecule has 3 aliphatic heterocycles. The summed E-state index contributed by atoms with van der Waals surface area (Å²) < 4.78 is 0. The summed E-state index contributed by atoms with van der Waals surface area (Å²) >= 11 is 0. The van der Waals surface area contributed by atoms with E-state index in [0.29, 0.717) is 18.7 Å². The highest BCUT2D eigenvalue weighted by Gasteiger charge is 2.45. The number of amides is 5. The Balaban J connectivity index is 1.23. The minimum absolute atomic E-state index is 0.0931. The second-order valence-corrected chi connectivity index (χ2v) is 9.45. The predicted octanol–water partition coefficient (Wildman–Crippen LogP) is 1.22. The van der Waals surface area contributed by atoms with Gasteiger partial charge in [0.15, 0.2) is 0 Å². The third kappa shape index (κ3) is 5.53. The Morgan fingerprint density at radius 3 is 2.49 bits per heavy atom. The number of piperidine rings is 1. The van der Waals surface area contributed by atoms with Crippen molar-refractivity contribution in [2.24, 2.45) is 0 Å². The molecule has 0 aliphatic carbocycles. The first-order chi connectivity index (χ1) is 16.9. The van der Waals surface area contributed by atoms with Crippen LogP contribution in [-0.4, -0.2) is 90.0 Å². The lowest BCUT2D eigenvalue weighted by atomic mass is 10.0. The SMILES string of the molecule is CN1CCN(C(=O)CCCCCCNc2cccc3c2C(=O)N(C2CCC(=O)NC2=O)C3=O)CC1. The fourth-order valence-corrected chi connectivity index (χ4v) is 4.85. The Labute approximate surface area is 205 Å². The van der Waals surface area contributed by atoms with E-state index >= 15 is 0 Å². The first kappa shape index (κ1) is 24.8. The first-order valence-electron chi connectivity index (χ1n) is 12.4. The average molecular weight is 484 g/mol. The Bertz CT molecular complexity index is 1020. The van der Waals surface area contributed by atoms with Crippen LogP contribution in [0.4, 0.5) is 5.69 Å². The molecule has 188 valence electrons. The van der Waals surface area contributed by atoms with Crippen LogP contribution in [0.15, 0.2) is 18.2 Å². The molecule has 2 fully saturated rings.